The molecule has 0 spiro atoms. The molecule has 2 rings (SSSR count). The van der Waals surface area contributed by atoms with Crippen LogP contribution in [0.2, 0.25) is 0 Å². The van der Waals surface area contributed by atoms with Crippen molar-refractivity contribution in [2.45, 2.75) is 18.9 Å². The number of nitrogens with two attached hydrogens (primary N) is 2. The van der Waals surface area contributed by atoms with Gasteiger partial charge in [0.25, 0.3) is 0 Å². The van der Waals surface area contributed by atoms with Gasteiger partial charge in [0.1, 0.15) is 6.04 Å². The predicted molar refractivity (Wildman–Crippen MR) is 85.0 cm³/mol. The van der Waals surface area contributed by atoms with Gasteiger partial charge in [0.05, 0.1) is 0 Å². The van der Waals surface area contributed by atoms with Crippen LogP contribution in [0.15, 0.2) is 60.7 Å². The number of carbonyl (C=O) groups is 1. The lowest BCUT2D eigenvalue weighted by Crippen LogP contribution is -2.32. The average molecular weight is 286 g/mol. The highest BCUT2D eigenvalue weighted by molar-refractivity contribution is 5.73. The first-order chi connectivity index (χ1) is 10.1. The zero-order valence-electron chi connectivity index (χ0n) is 12.0. The van der Waals surface area contributed by atoms with Crippen LogP contribution in [0, 0.1) is 0 Å². The van der Waals surface area contributed by atoms with Gasteiger partial charge in [-0.15, -0.1) is 0 Å². The highest BCUT2D eigenvalue weighted by atomic mass is 16.4. The topological polar surface area (TPSA) is 89.3 Å². The standard InChI is InChI=1S/C9H11NO2.C8H11N/c10-8(9(11)12)6-7-4-2-1-3-5-7;9-7-6-8-4-2-1-3-5-8/h1-5,8H,6,10H2,(H,11,12);1-5H,6-7,9H2. The molecule has 0 aliphatic carbocycles. The maximum absolute atomic E-state index is 10.4. The first-order valence-corrected chi connectivity index (χ1v) is 6.89. The first kappa shape index (κ1) is 16.9. The molecule has 0 amide bonds. The zero-order chi connectivity index (χ0) is 15.5. The normalized spacial score (nSPS) is 11.1. The van der Waals surface area contributed by atoms with Crippen LogP contribution >= 0.6 is 0 Å². The molecule has 0 aromatic heterocycles. The van der Waals surface area contributed by atoms with Crippen LogP contribution in [0.25, 0.3) is 0 Å². The van der Waals surface area contributed by atoms with Gasteiger partial charge < -0.3 is 16.6 Å². The third kappa shape index (κ3) is 7.25. The number of hydrogen-bond acceptors (Lipinski definition) is 3. The molecule has 0 bridgehead atoms. The van der Waals surface area contributed by atoms with Crippen molar-refractivity contribution in [3.8, 4) is 0 Å². The molecule has 0 aliphatic rings. The fourth-order valence-corrected chi connectivity index (χ4v) is 1.77. The molecule has 0 radical (unpaired) electrons. The molecular weight excluding hydrogens is 264 g/mol. The minimum atomic E-state index is -0.959. The second-order valence-corrected chi connectivity index (χ2v) is 4.66. The maximum atomic E-state index is 10.4. The molecule has 4 nitrogen and oxygen atoms in total. The summed E-state index contributed by atoms with van der Waals surface area (Å²) < 4.78 is 0. The molecule has 2 aromatic rings. The summed E-state index contributed by atoms with van der Waals surface area (Å²) in [6, 6.07) is 18.8. The molecule has 112 valence electrons. The van der Waals surface area contributed by atoms with Crippen molar-refractivity contribution in [2.24, 2.45) is 11.5 Å². The van der Waals surface area contributed by atoms with E-state index >= 15 is 0 Å². The van der Waals surface area contributed by atoms with E-state index < -0.39 is 12.0 Å². The summed E-state index contributed by atoms with van der Waals surface area (Å²) in [5.74, 6) is -0.959. The number of benzene rings is 2. The van der Waals surface area contributed by atoms with Crippen LogP contribution in [0.1, 0.15) is 11.1 Å². The highest BCUT2D eigenvalue weighted by Gasteiger charge is 2.10. The number of aliphatic carboxylic acids is 1. The fourth-order valence-electron chi connectivity index (χ4n) is 1.77. The summed E-state index contributed by atoms with van der Waals surface area (Å²) in [6.45, 7) is 0.740. The van der Waals surface area contributed by atoms with Gasteiger partial charge in [-0.1, -0.05) is 60.7 Å². The smallest absolute Gasteiger partial charge is 0.320 e. The zero-order valence-corrected chi connectivity index (χ0v) is 12.0. The summed E-state index contributed by atoms with van der Waals surface area (Å²) in [4.78, 5) is 10.4. The Kier molecular flexibility index (Phi) is 7.79. The van der Waals surface area contributed by atoms with E-state index in [2.05, 4.69) is 12.1 Å². The van der Waals surface area contributed by atoms with Crippen LogP contribution in [-0.2, 0) is 17.6 Å². The number of carboxylic acid groups (broad SMARTS) is 1. The van der Waals surface area contributed by atoms with E-state index in [0.29, 0.717) is 6.42 Å². The quantitative estimate of drug-likeness (QED) is 0.782. The van der Waals surface area contributed by atoms with Gasteiger partial charge in [-0.3, -0.25) is 4.79 Å². The minimum Gasteiger partial charge on any atom is -0.480 e. The van der Waals surface area contributed by atoms with Crippen molar-refractivity contribution < 1.29 is 9.90 Å². The second-order valence-electron chi connectivity index (χ2n) is 4.66. The summed E-state index contributed by atoms with van der Waals surface area (Å²) >= 11 is 0. The molecule has 0 fully saturated rings. The van der Waals surface area contributed by atoms with Gasteiger partial charge in [0.2, 0.25) is 0 Å². The van der Waals surface area contributed by atoms with E-state index in [4.69, 9.17) is 16.6 Å². The van der Waals surface area contributed by atoms with Gasteiger partial charge in [-0.25, -0.2) is 0 Å². The van der Waals surface area contributed by atoms with Gasteiger partial charge in [-0.2, -0.15) is 0 Å². The summed E-state index contributed by atoms with van der Waals surface area (Å²) in [6.07, 6.45) is 1.37. The van der Waals surface area contributed by atoms with Gasteiger partial charge in [0.15, 0.2) is 0 Å². The van der Waals surface area contributed by atoms with Crippen LogP contribution in [-0.4, -0.2) is 23.7 Å². The van der Waals surface area contributed by atoms with Crippen LogP contribution in [0.4, 0.5) is 0 Å². The molecule has 0 heterocycles. The Hall–Kier alpha value is -2.17. The largest absolute Gasteiger partial charge is 0.480 e. The van der Waals surface area contributed by atoms with E-state index in [1.54, 1.807) is 0 Å². The van der Waals surface area contributed by atoms with E-state index in [-0.39, 0.29) is 0 Å². The molecular formula is C17H22N2O2. The van der Waals surface area contributed by atoms with E-state index in [1.165, 1.54) is 5.56 Å². The Labute approximate surface area is 125 Å². The Bertz CT molecular complexity index is 515. The van der Waals surface area contributed by atoms with Crippen molar-refractivity contribution in [2.75, 3.05) is 6.54 Å². The van der Waals surface area contributed by atoms with E-state index in [1.807, 2.05) is 48.5 Å². The molecule has 4 heteroatoms. The molecule has 21 heavy (non-hydrogen) atoms. The number of hydrogen-bond donors (Lipinski definition) is 3. The Morgan fingerprint density at radius 2 is 1.43 bits per heavy atom. The third-order valence-corrected chi connectivity index (χ3v) is 2.89. The van der Waals surface area contributed by atoms with Crippen molar-refractivity contribution in [3.05, 3.63) is 71.8 Å². The molecule has 5 N–H and O–H groups in total. The molecule has 0 saturated heterocycles. The van der Waals surface area contributed by atoms with E-state index in [9.17, 15) is 4.79 Å². The SMILES string of the molecule is NC(Cc1ccccc1)C(=O)O.NCCc1ccccc1. The van der Waals surface area contributed by atoms with Gasteiger partial charge in [0, 0.05) is 0 Å². The molecule has 0 aliphatic heterocycles. The van der Waals surface area contributed by atoms with Crippen molar-refractivity contribution in [3.63, 3.8) is 0 Å². The first-order valence-electron chi connectivity index (χ1n) is 6.89. The molecule has 1 unspecified atom stereocenters. The van der Waals surface area contributed by atoms with Crippen LogP contribution in [0.3, 0.4) is 0 Å². The lowest BCUT2D eigenvalue weighted by atomic mass is 10.1. The fraction of sp³-hybridized carbons (Fsp3) is 0.235. The number of carboxylic acids is 1. The Morgan fingerprint density at radius 3 is 1.86 bits per heavy atom. The molecule has 0 saturated carbocycles. The lowest BCUT2D eigenvalue weighted by Gasteiger charge is -2.04. The monoisotopic (exact) mass is 286 g/mol. The summed E-state index contributed by atoms with van der Waals surface area (Å²) in [5.41, 5.74) is 13.0. The molecule has 1 atom stereocenters. The van der Waals surface area contributed by atoms with E-state index in [0.717, 1.165) is 18.5 Å². The van der Waals surface area contributed by atoms with Crippen molar-refractivity contribution >= 4 is 5.97 Å². The van der Waals surface area contributed by atoms with Crippen molar-refractivity contribution in [1.82, 2.24) is 0 Å². The summed E-state index contributed by atoms with van der Waals surface area (Å²) in [7, 11) is 0. The van der Waals surface area contributed by atoms with Crippen molar-refractivity contribution in [1.29, 1.82) is 0 Å². The van der Waals surface area contributed by atoms with Gasteiger partial charge >= 0.3 is 5.97 Å². The summed E-state index contributed by atoms with van der Waals surface area (Å²) in [5, 5.41) is 8.52. The van der Waals surface area contributed by atoms with Crippen LogP contribution < -0.4 is 11.5 Å². The highest BCUT2D eigenvalue weighted by Crippen LogP contribution is 2.01. The molecule has 2 aromatic carbocycles. The third-order valence-electron chi connectivity index (χ3n) is 2.89. The van der Waals surface area contributed by atoms with Crippen LogP contribution in [0.5, 0.6) is 0 Å². The Balaban J connectivity index is 0.000000219. The second kappa shape index (κ2) is 9.69. The predicted octanol–water partition coefficient (Wildman–Crippen LogP) is 1.83. The van der Waals surface area contributed by atoms with Gasteiger partial charge in [-0.05, 0) is 30.5 Å². The minimum absolute atomic E-state index is 0.385. The lowest BCUT2D eigenvalue weighted by molar-refractivity contribution is -0.138. The average Bonchev–Trinajstić information content (AvgIpc) is 2.50. The Morgan fingerprint density at radius 1 is 0.952 bits per heavy atom. The number of rotatable bonds is 5. The maximum Gasteiger partial charge on any atom is 0.320 e.